The van der Waals surface area contributed by atoms with Gasteiger partial charge < -0.3 is 9.76 Å². The van der Waals surface area contributed by atoms with E-state index in [1.54, 1.807) is 18.3 Å². The van der Waals surface area contributed by atoms with Gasteiger partial charge in [-0.3, -0.25) is 0 Å². The van der Waals surface area contributed by atoms with Gasteiger partial charge >= 0.3 is 7.48 Å². The first-order valence-corrected chi connectivity index (χ1v) is 12.1. The highest BCUT2D eigenvalue weighted by Crippen LogP contribution is 2.41. The fraction of sp³-hybridized carbons (Fsp3) is 0.789. The average molecular weight is 367 g/mol. The smallest absolute Gasteiger partial charge is 0.341 e. The van der Waals surface area contributed by atoms with E-state index in [1.807, 2.05) is 32.7 Å². The highest BCUT2D eigenvalue weighted by molar-refractivity contribution is 7.33. The Labute approximate surface area is 155 Å². The second-order valence-corrected chi connectivity index (χ2v) is 16.3. The Morgan fingerprint density at radius 2 is 1.42 bits per heavy atom. The summed E-state index contributed by atoms with van der Waals surface area (Å²) in [7, 11) is 0.225. The van der Waals surface area contributed by atoms with Crippen molar-refractivity contribution in [3.05, 3.63) is 12.1 Å². The molecule has 0 saturated carbocycles. The summed E-state index contributed by atoms with van der Waals surface area (Å²) in [5.41, 5.74) is 0.601. The van der Waals surface area contributed by atoms with E-state index in [1.165, 1.54) is 0 Å². The Morgan fingerprint density at radius 3 is 1.79 bits per heavy atom. The van der Waals surface area contributed by atoms with Crippen LogP contribution in [0.1, 0.15) is 69.2 Å². The molecule has 0 fully saturated rings. The second kappa shape index (κ2) is 7.65. The van der Waals surface area contributed by atoms with E-state index >= 15 is 0 Å². The van der Waals surface area contributed by atoms with Gasteiger partial charge in [-0.1, -0.05) is 53.7 Å². The number of hydrogen-bond donors (Lipinski definition) is 1. The van der Waals surface area contributed by atoms with Gasteiger partial charge in [0.2, 0.25) is 0 Å². The topological polar surface area (TPSA) is 29.5 Å². The van der Waals surface area contributed by atoms with Crippen LogP contribution >= 0.6 is 11.3 Å². The van der Waals surface area contributed by atoms with Gasteiger partial charge in [-0.05, 0) is 53.6 Å². The third kappa shape index (κ3) is 4.17. The van der Waals surface area contributed by atoms with Crippen LogP contribution in [0.15, 0.2) is 12.1 Å². The van der Waals surface area contributed by atoms with Crippen molar-refractivity contribution in [3.63, 3.8) is 0 Å². The van der Waals surface area contributed by atoms with E-state index in [9.17, 15) is 5.11 Å². The molecule has 24 heavy (non-hydrogen) atoms. The molecule has 0 unspecified atom stereocenters. The predicted octanol–water partition coefficient (Wildman–Crippen LogP) is 4.44. The molecule has 1 radical (unpaired) electrons. The van der Waals surface area contributed by atoms with Crippen molar-refractivity contribution in [2.24, 2.45) is 0 Å². The van der Waals surface area contributed by atoms with Gasteiger partial charge in [0.25, 0.3) is 0 Å². The van der Waals surface area contributed by atoms with Gasteiger partial charge in [0, 0.05) is 0 Å². The van der Waals surface area contributed by atoms with Crippen LogP contribution in [0.3, 0.4) is 0 Å². The largest absolute Gasteiger partial charge is 0.426 e. The Hall–Kier alpha value is -0.0982. The summed E-state index contributed by atoms with van der Waals surface area (Å²) in [4.78, 5) is 0. The van der Waals surface area contributed by atoms with E-state index in [-0.39, 0.29) is 0 Å². The van der Waals surface area contributed by atoms with Crippen molar-refractivity contribution in [2.75, 3.05) is 0 Å². The molecule has 1 aromatic heterocycles. The van der Waals surface area contributed by atoms with Gasteiger partial charge in [-0.2, -0.15) is 11.3 Å². The minimum Gasteiger partial charge on any atom is -0.426 e. The summed E-state index contributed by atoms with van der Waals surface area (Å²) in [5.74, 6) is 0. The van der Waals surface area contributed by atoms with Crippen molar-refractivity contribution in [3.8, 4) is 0 Å². The van der Waals surface area contributed by atoms with E-state index in [0.29, 0.717) is 16.6 Å². The molecule has 0 aliphatic rings. The Balaban J connectivity index is 3.07. The third-order valence-corrected chi connectivity index (χ3v) is 14.8. The lowest BCUT2D eigenvalue weighted by Crippen LogP contribution is -2.54. The Kier molecular flexibility index (Phi) is 6.99. The molecule has 0 aliphatic carbocycles. The maximum atomic E-state index is 10.2. The quantitative estimate of drug-likeness (QED) is 0.688. The van der Waals surface area contributed by atoms with Gasteiger partial charge in [0.15, 0.2) is 0 Å². The lowest BCUT2D eigenvalue weighted by molar-refractivity contribution is -0.0892. The lowest BCUT2D eigenvalue weighted by Gasteiger charge is -2.42. The van der Waals surface area contributed by atoms with Gasteiger partial charge in [-0.15, -0.1) is 0 Å². The summed E-state index contributed by atoms with van der Waals surface area (Å²) in [6.07, 6.45) is 0. The molecule has 2 nitrogen and oxygen atoms in total. The highest BCUT2D eigenvalue weighted by Gasteiger charge is 2.45. The highest BCUT2D eigenvalue weighted by atomic mass is 32.1. The van der Waals surface area contributed by atoms with Crippen LogP contribution in [0.25, 0.3) is 0 Å². The molecule has 0 aliphatic heterocycles. The third-order valence-electron chi connectivity index (χ3n) is 5.86. The average Bonchev–Trinajstić information content (AvgIpc) is 2.83. The van der Waals surface area contributed by atoms with Crippen molar-refractivity contribution in [2.45, 2.75) is 97.1 Å². The zero-order valence-electron chi connectivity index (χ0n) is 17.2. The molecule has 1 rings (SSSR count). The second-order valence-electron chi connectivity index (χ2n) is 8.90. The molecule has 1 aromatic rings. The minimum atomic E-state index is -1.60. The first-order valence-electron chi connectivity index (χ1n) is 9.10. The van der Waals surface area contributed by atoms with E-state index in [0.717, 1.165) is 4.78 Å². The molecule has 0 aromatic carbocycles. The van der Waals surface area contributed by atoms with Crippen LogP contribution in [0.5, 0.6) is 0 Å². The molecule has 0 saturated heterocycles. The summed E-state index contributed by atoms with van der Waals surface area (Å²) >= 11 is 1.88. The Bertz CT molecular complexity index is 508. The van der Waals surface area contributed by atoms with Crippen molar-refractivity contribution >= 4 is 36.2 Å². The van der Waals surface area contributed by atoms with Crippen LogP contribution in [0.4, 0.5) is 0 Å². The van der Waals surface area contributed by atoms with Crippen molar-refractivity contribution < 1.29 is 9.76 Å². The Morgan fingerprint density at radius 1 is 0.958 bits per heavy atom. The maximum Gasteiger partial charge on any atom is 0.341 e. The molecule has 0 bridgehead atoms. The fourth-order valence-electron chi connectivity index (χ4n) is 3.85. The van der Waals surface area contributed by atoms with Gasteiger partial charge in [0.1, 0.15) is 8.07 Å². The van der Waals surface area contributed by atoms with Gasteiger partial charge in [0.05, 0.1) is 11.2 Å². The molecule has 0 spiro atoms. The summed E-state index contributed by atoms with van der Waals surface area (Å²) in [6.45, 7) is 21.8. The standard InChI is InChI=1S/C19H36BO2SSi/c1-13(2)24(14(3)4,15(5)6)17-12-11-16(23-17)20-22-19(9,10)18(7,8)21/h11-15,21H,1-10H3. The molecular weight excluding hydrogens is 331 g/mol. The molecule has 1 N–H and O–H groups in total. The van der Waals surface area contributed by atoms with Crippen molar-refractivity contribution in [1.82, 2.24) is 0 Å². The van der Waals surface area contributed by atoms with E-state index in [4.69, 9.17) is 4.65 Å². The first kappa shape index (κ1) is 21.9. The van der Waals surface area contributed by atoms with Crippen LogP contribution < -0.4 is 9.28 Å². The SMILES string of the molecule is CC(C)[Si](c1ccc([B]OC(C)(C)C(C)(C)O)s1)(C(C)C)C(C)C. The predicted molar refractivity (Wildman–Crippen MR) is 112 cm³/mol. The number of aliphatic hydroxyl groups is 1. The molecule has 1 heterocycles. The van der Waals surface area contributed by atoms with Crippen LogP contribution in [0, 0.1) is 0 Å². The number of thiophene rings is 1. The summed E-state index contributed by atoms with van der Waals surface area (Å²) in [6, 6.07) is 4.50. The molecule has 0 atom stereocenters. The summed E-state index contributed by atoms with van der Waals surface area (Å²) < 4.78 is 8.65. The van der Waals surface area contributed by atoms with Gasteiger partial charge in [-0.25, -0.2) is 0 Å². The minimum absolute atomic E-state index is 0.625. The molecule has 137 valence electrons. The van der Waals surface area contributed by atoms with Crippen LogP contribution in [0.2, 0.25) is 16.6 Å². The van der Waals surface area contributed by atoms with Crippen LogP contribution in [-0.4, -0.2) is 31.9 Å². The normalized spacial score (nSPS) is 14.1. The number of rotatable bonds is 8. The summed E-state index contributed by atoms with van der Waals surface area (Å²) in [5, 5.41) is 10.2. The van der Waals surface area contributed by atoms with Crippen LogP contribution in [-0.2, 0) is 4.65 Å². The van der Waals surface area contributed by atoms with E-state index < -0.39 is 19.3 Å². The fourth-order valence-corrected chi connectivity index (χ4v) is 13.7. The molecule has 5 heteroatoms. The monoisotopic (exact) mass is 367 g/mol. The molecular formula is C19H36BO2SSi. The molecule has 0 amide bonds. The first-order chi connectivity index (χ1) is 10.8. The van der Waals surface area contributed by atoms with Crippen molar-refractivity contribution in [1.29, 1.82) is 0 Å². The number of hydrogen-bond acceptors (Lipinski definition) is 3. The zero-order valence-corrected chi connectivity index (χ0v) is 19.0. The van der Waals surface area contributed by atoms with E-state index in [2.05, 4.69) is 53.7 Å². The maximum absolute atomic E-state index is 10.2. The zero-order chi connectivity index (χ0) is 18.9. The lowest BCUT2D eigenvalue weighted by atomic mass is 9.86.